The zero-order valence-corrected chi connectivity index (χ0v) is 19.2. The van der Waals surface area contributed by atoms with Crippen LogP contribution in [0.25, 0.3) is 28.1 Å². The fraction of sp³-hybridized carbons (Fsp3) is 0. The maximum atomic E-state index is 13.7. The van der Waals surface area contributed by atoms with Gasteiger partial charge >= 0.3 is 0 Å². The summed E-state index contributed by atoms with van der Waals surface area (Å²) in [7, 11) is 0. The van der Waals surface area contributed by atoms with Gasteiger partial charge in [0.15, 0.2) is 0 Å². The predicted molar refractivity (Wildman–Crippen MR) is 141 cm³/mol. The van der Waals surface area contributed by atoms with Crippen molar-refractivity contribution >= 4 is 28.1 Å². The first-order valence-electron chi connectivity index (χ1n) is 11.6. The molecule has 0 fully saturated rings. The summed E-state index contributed by atoms with van der Waals surface area (Å²) in [5.41, 5.74) is 6.21. The number of benzene rings is 5. The van der Waals surface area contributed by atoms with Gasteiger partial charge in [-0.05, 0) is 84.9 Å². The maximum Gasteiger partial charge on any atom is 0.145 e. The highest BCUT2D eigenvalue weighted by Gasteiger charge is 2.17. The van der Waals surface area contributed by atoms with Crippen LogP contribution in [0.4, 0.5) is 25.8 Å². The molecule has 5 heteroatoms. The molecule has 0 spiro atoms. The van der Waals surface area contributed by atoms with Crippen molar-refractivity contribution in [2.24, 2.45) is 0 Å². The van der Waals surface area contributed by atoms with Crippen LogP contribution in [-0.4, -0.2) is 9.55 Å². The summed E-state index contributed by atoms with van der Waals surface area (Å²) in [5, 5.41) is 0. The van der Waals surface area contributed by atoms with Crippen LogP contribution < -0.4 is 4.90 Å². The Hall–Kier alpha value is -4.77. The summed E-state index contributed by atoms with van der Waals surface area (Å²) < 4.78 is 29.6. The fourth-order valence-corrected chi connectivity index (χ4v) is 4.47. The monoisotopic (exact) mass is 473 g/mol. The number of fused-ring (bicyclic) bond motifs is 1. The van der Waals surface area contributed by atoms with Crippen LogP contribution in [0.1, 0.15) is 0 Å². The third-order valence-electron chi connectivity index (χ3n) is 6.11. The first-order valence-corrected chi connectivity index (χ1v) is 11.6. The van der Waals surface area contributed by atoms with Gasteiger partial charge in [-0.2, -0.15) is 0 Å². The van der Waals surface area contributed by atoms with Crippen LogP contribution in [0.15, 0.2) is 127 Å². The van der Waals surface area contributed by atoms with Crippen molar-refractivity contribution in [3.8, 4) is 17.1 Å². The quantitative estimate of drug-likeness (QED) is 0.250. The second kappa shape index (κ2) is 9.12. The molecule has 0 aliphatic heterocycles. The summed E-state index contributed by atoms with van der Waals surface area (Å²) in [5.74, 6) is 0.175. The zero-order chi connectivity index (χ0) is 24.5. The van der Waals surface area contributed by atoms with Gasteiger partial charge in [-0.3, -0.25) is 4.57 Å². The van der Waals surface area contributed by atoms with E-state index < -0.39 is 0 Å². The van der Waals surface area contributed by atoms with Crippen LogP contribution in [0.5, 0.6) is 0 Å². The molecule has 6 aromatic rings. The van der Waals surface area contributed by atoms with Gasteiger partial charge in [0.1, 0.15) is 17.5 Å². The lowest BCUT2D eigenvalue weighted by atomic mass is 10.1. The number of halogens is 2. The maximum absolute atomic E-state index is 13.7. The van der Waals surface area contributed by atoms with Crippen molar-refractivity contribution in [2.45, 2.75) is 0 Å². The largest absolute Gasteiger partial charge is 0.310 e. The van der Waals surface area contributed by atoms with Crippen molar-refractivity contribution < 1.29 is 8.78 Å². The molecule has 0 unspecified atom stereocenters. The van der Waals surface area contributed by atoms with Gasteiger partial charge in [-0.25, -0.2) is 13.8 Å². The molecule has 0 aliphatic carbocycles. The van der Waals surface area contributed by atoms with E-state index >= 15 is 0 Å². The van der Waals surface area contributed by atoms with E-state index in [2.05, 4.69) is 22.8 Å². The summed E-state index contributed by atoms with van der Waals surface area (Å²) in [4.78, 5) is 6.94. The lowest BCUT2D eigenvalue weighted by Gasteiger charge is -2.26. The molecule has 0 amide bonds. The van der Waals surface area contributed by atoms with E-state index in [4.69, 9.17) is 4.98 Å². The minimum atomic E-state index is -0.317. The molecule has 36 heavy (non-hydrogen) atoms. The normalized spacial score (nSPS) is 11.1. The van der Waals surface area contributed by atoms with E-state index in [0.29, 0.717) is 0 Å². The number of hydrogen-bond donors (Lipinski definition) is 0. The summed E-state index contributed by atoms with van der Waals surface area (Å²) in [6.07, 6.45) is 0. The number of anilines is 3. The van der Waals surface area contributed by atoms with E-state index in [9.17, 15) is 8.78 Å². The van der Waals surface area contributed by atoms with Crippen molar-refractivity contribution in [1.29, 1.82) is 0 Å². The molecule has 0 atom stereocenters. The van der Waals surface area contributed by atoms with Crippen LogP contribution >= 0.6 is 0 Å². The highest BCUT2D eigenvalue weighted by atomic mass is 19.1. The van der Waals surface area contributed by atoms with Gasteiger partial charge in [0.05, 0.1) is 11.0 Å². The molecule has 0 saturated carbocycles. The molecule has 0 radical (unpaired) electrons. The average molecular weight is 474 g/mol. The number of imidazole rings is 1. The second-order valence-corrected chi connectivity index (χ2v) is 8.43. The van der Waals surface area contributed by atoms with Gasteiger partial charge in [-0.1, -0.05) is 42.5 Å². The molecular formula is C31H21F2N3. The van der Waals surface area contributed by atoms with Crippen LogP contribution in [0, 0.1) is 11.6 Å². The Balaban J connectivity index is 1.54. The number of rotatable bonds is 5. The average Bonchev–Trinajstić information content (AvgIpc) is 3.31. The number of hydrogen-bond acceptors (Lipinski definition) is 2. The SMILES string of the molecule is Fc1ccc(N(c2ccc(F)cc2)c2cccc(-c3nc4ccccc4n3-c3ccccc3)c2)cc1. The lowest BCUT2D eigenvalue weighted by Crippen LogP contribution is -2.10. The molecule has 5 aromatic carbocycles. The molecule has 6 rings (SSSR count). The van der Waals surface area contributed by atoms with E-state index in [1.165, 1.54) is 24.3 Å². The highest BCUT2D eigenvalue weighted by Crippen LogP contribution is 2.37. The molecule has 174 valence electrons. The van der Waals surface area contributed by atoms with E-state index in [-0.39, 0.29) is 11.6 Å². The molecule has 0 saturated heterocycles. The van der Waals surface area contributed by atoms with Gasteiger partial charge in [-0.15, -0.1) is 0 Å². The molecule has 3 nitrogen and oxygen atoms in total. The Bertz CT molecular complexity index is 1590. The molecule has 1 aromatic heterocycles. The summed E-state index contributed by atoms with van der Waals surface area (Å²) in [6.45, 7) is 0. The topological polar surface area (TPSA) is 21.1 Å². The Kier molecular flexibility index (Phi) is 5.51. The number of aromatic nitrogens is 2. The fourth-order valence-electron chi connectivity index (χ4n) is 4.47. The molecule has 0 aliphatic rings. The van der Waals surface area contributed by atoms with E-state index in [1.54, 1.807) is 24.3 Å². The number of para-hydroxylation sites is 3. The van der Waals surface area contributed by atoms with Gasteiger partial charge in [0.2, 0.25) is 0 Å². The minimum absolute atomic E-state index is 0.317. The van der Waals surface area contributed by atoms with Crippen molar-refractivity contribution in [3.63, 3.8) is 0 Å². The molecule has 1 heterocycles. The van der Waals surface area contributed by atoms with Gasteiger partial charge < -0.3 is 4.90 Å². The first kappa shape index (κ1) is 21.7. The number of nitrogens with zero attached hydrogens (tertiary/aromatic N) is 3. The second-order valence-electron chi connectivity index (χ2n) is 8.43. The summed E-state index contributed by atoms with van der Waals surface area (Å²) >= 11 is 0. The Labute approximate surface area is 207 Å². The van der Waals surface area contributed by atoms with E-state index in [0.717, 1.165) is 45.2 Å². The summed E-state index contributed by atoms with van der Waals surface area (Å²) in [6, 6.07) is 38.7. The van der Waals surface area contributed by atoms with Crippen molar-refractivity contribution in [2.75, 3.05) is 4.90 Å². The standard InChI is InChI=1S/C31H21F2N3/c32-23-13-17-26(18-14-23)35(27-19-15-24(33)16-20-27)28-10-6-7-22(21-28)31-34-29-11-4-5-12-30(29)36(31)25-8-2-1-3-9-25/h1-21H. The van der Waals surface area contributed by atoms with Crippen LogP contribution in [0.2, 0.25) is 0 Å². The third-order valence-corrected chi connectivity index (χ3v) is 6.11. The van der Waals surface area contributed by atoms with Crippen LogP contribution in [0.3, 0.4) is 0 Å². The van der Waals surface area contributed by atoms with Gasteiger partial charge in [0.25, 0.3) is 0 Å². The van der Waals surface area contributed by atoms with Crippen molar-refractivity contribution in [3.05, 3.63) is 139 Å². The molecule has 0 bridgehead atoms. The zero-order valence-electron chi connectivity index (χ0n) is 19.2. The Morgan fingerprint density at radius 3 is 1.83 bits per heavy atom. The third kappa shape index (κ3) is 4.01. The smallest absolute Gasteiger partial charge is 0.145 e. The lowest BCUT2D eigenvalue weighted by molar-refractivity contribution is 0.628. The van der Waals surface area contributed by atoms with Gasteiger partial charge in [0, 0.05) is 28.3 Å². The van der Waals surface area contributed by atoms with Crippen molar-refractivity contribution in [1.82, 2.24) is 9.55 Å². The predicted octanol–water partition coefficient (Wildman–Crippen LogP) is 8.44. The molecular weight excluding hydrogens is 452 g/mol. The van der Waals surface area contributed by atoms with E-state index in [1.807, 2.05) is 65.6 Å². The highest BCUT2D eigenvalue weighted by molar-refractivity contribution is 5.85. The molecule has 0 N–H and O–H groups in total. The van der Waals surface area contributed by atoms with Crippen LogP contribution in [-0.2, 0) is 0 Å². The first-order chi connectivity index (χ1) is 17.7. The minimum Gasteiger partial charge on any atom is -0.310 e. The Morgan fingerprint density at radius 2 is 1.17 bits per heavy atom. The Morgan fingerprint density at radius 1 is 0.556 bits per heavy atom.